The van der Waals surface area contributed by atoms with E-state index in [1.807, 2.05) is 0 Å². The maximum Gasteiger partial charge on any atom is 0.337 e. The van der Waals surface area contributed by atoms with Crippen molar-refractivity contribution < 1.29 is 23.4 Å². The maximum absolute atomic E-state index is 13.3. The number of halogens is 1. The molecule has 0 aliphatic heterocycles. The summed E-state index contributed by atoms with van der Waals surface area (Å²) in [5, 5.41) is 23.4. The third kappa shape index (κ3) is 7.07. The van der Waals surface area contributed by atoms with Gasteiger partial charge in [-0.2, -0.15) is 4.31 Å². The van der Waals surface area contributed by atoms with Crippen LogP contribution in [0.25, 0.3) is 11.1 Å². The minimum atomic E-state index is -3.88. The Hall–Kier alpha value is -2.75. The minimum absolute atomic E-state index is 0.0250. The molecular formula is C30H35ClN2O5S. The van der Waals surface area contributed by atoms with Gasteiger partial charge in [0, 0.05) is 25.7 Å². The number of carboxylic acids is 1. The van der Waals surface area contributed by atoms with Crippen molar-refractivity contribution in [2.45, 2.75) is 49.6 Å². The number of nitrogens with zero attached hydrogens (tertiary/aromatic N) is 1. The van der Waals surface area contributed by atoms with Crippen LogP contribution < -0.4 is 5.32 Å². The molecular weight excluding hydrogens is 536 g/mol. The van der Waals surface area contributed by atoms with Gasteiger partial charge in [0.05, 0.1) is 21.6 Å². The second-order valence-electron chi connectivity index (χ2n) is 11.0. The molecule has 1 aliphatic carbocycles. The van der Waals surface area contributed by atoms with Gasteiger partial charge in [-0.3, -0.25) is 0 Å². The zero-order chi connectivity index (χ0) is 28.4. The van der Waals surface area contributed by atoms with Crippen molar-refractivity contribution in [3.8, 4) is 11.1 Å². The highest BCUT2D eigenvalue weighted by atomic mass is 35.5. The molecule has 0 fully saturated rings. The average Bonchev–Trinajstić information content (AvgIpc) is 3.29. The van der Waals surface area contributed by atoms with Gasteiger partial charge in [0.25, 0.3) is 0 Å². The lowest BCUT2D eigenvalue weighted by Gasteiger charge is -2.31. The minimum Gasteiger partial charge on any atom is -0.478 e. The van der Waals surface area contributed by atoms with Gasteiger partial charge in [-0.25, -0.2) is 13.2 Å². The Bertz CT molecular complexity index is 1430. The van der Waals surface area contributed by atoms with Gasteiger partial charge >= 0.3 is 5.97 Å². The number of aromatic carboxylic acids is 1. The lowest BCUT2D eigenvalue weighted by Crippen LogP contribution is -2.47. The van der Waals surface area contributed by atoms with Gasteiger partial charge in [-0.05, 0) is 85.5 Å². The summed E-state index contributed by atoms with van der Waals surface area (Å²) in [6.45, 7) is 4.43. The molecule has 0 radical (unpaired) electrons. The Labute approximate surface area is 235 Å². The van der Waals surface area contributed by atoms with Gasteiger partial charge in [-0.1, -0.05) is 54.1 Å². The van der Waals surface area contributed by atoms with Gasteiger partial charge in [0.2, 0.25) is 10.0 Å². The van der Waals surface area contributed by atoms with Gasteiger partial charge < -0.3 is 15.5 Å². The molecule has 0 aromatic heterocycles. The summed E-state index contributed by atoms with van der Waals surface area (Å²) in [5.74, 6) is -0.599. The second-order valence-corrected chi connectivity index (χ2v) is 13.4. The molecule has 0 bridgehead atoms. The van der Waals surface area contributed by atoms with Crippen molar-refractivity contribution in [3.63, 3.8) is 0 Å². The predicted octanol–water partition coefficient (Wildman–Crippen LogP) is 4.86. The van der Waals surface area contributed by atoms with E-state index in [0.717, 1.165) is 23.6 Å². The van der Waals surface area contributed by atoms with Crippen molar-refractivity contribution in [2.24, 2.45) is 5.92 Å². The number of carbonyl (C=O) groups is 1. The molecule has 3 aromatic rings. The van der Waals surface area contributed by atoms with Crippen molar-refractivity contribution >= 4 is 27.6 Å². The molecule has 7 nitrogen and oxygen atoms in total. The van der Waals surface area contributed by atoms with Crippen molar-refractivity contribution in [2.75, 3.05) is 20.1 Å². The topological polar surface area (TPSA) is 107 Å². The van der Waals surface area contributed by atoms with E-state index >= 15 is 0 Å². The quantitative estimate of drug-likeness (QED) is 0.304. The molecule has 1 atom stereocenters. The molecule has 0 spiro atoms. The number of fused-ring (bicyclic) bond motifs is 1. The molecule has 1 aliphatic rings. The number of hydrogen-bond acceptors (Lipinski definition) is 5. The number of aliphatic hydroxyl groups excluding tert-OH is 1. The number of carboxylic acid groups (broad SMARTS) is 1. The van der Waals surface area contributed by atoms with Crippen LogP contribution in [0.1, 0.15) is 41.8 Å². The number of rotatable bonds is 11. The fraction of sp³-hybridized carbons (Fsp3) is 0.367. The molecule has 0 saturated heterocycles. The monoisotopic (exact) mass is 570 g/mol. The van der Waals surface area contributed by atoms with Gasteiger partial charge in [0.1, 0.15) is 0 Å². The van der Waals surface area contributed by atoms with E-state index < -0.39 is 22.1 Å². The molecule has 208 valence electrons. The van der Waals surface area contributed by atoms with E-state index in [1.165, 1.54) is 42.4 Å². The normalized spacial score (nSPS) is 14.9. The lowest BCUT2D eigenvalue weighted by atomic mass is 9.88. The van der Waals surface area contributed by atoms with E-state index in [0.29, 0.717) is 17.0 Å². The maximum atomic E-state index is 13.3. The number of sulfonamides is 1. The van der Waals surface area contributed by atoms with Crippen LogP contribution in [0.5, 0.6) is 0 Å². The summed E-state index contributed by atoms with van der Waals surface area (Å²) in [5.41, 5.74) is 3.77. The van der Waals surface area contributed by atoms with Crippen molar-refractivity contribution in [1.29, 1.82) is 0 Å². The summed E-state index contributed by atoms with van der Waals surface area (Å²) >= 11 is 6.10. The molecule has 3 N–H and O–H groups in total. The van der Waals surface area contributed by atoms with Crippen LogP contribution in [0.2, 0.25) is 5.02 Å². The Morgan fingerprint density at radius 1 is 1.05 bits per heavy atom. The summed E-state index contributed by atoms with van der Waals surface area (Å²) in [6, 6.07) is 19.4. The highest BCUT2D eigenvalue weighted by Crippen LogP contribution is 2.32. The fourth-order valence-electron chi connectivity index (χ4n) is 5.33. The largest absolute Gasteiger partial charge is 0.478 e. The van der Waals surface area contributed by atoms with E-state index in [1.54, 1.807) is 18.2 Å². The summed E-state index contributed by atoms with van der Waals surface area (Å²) in [7, 11) is -2.43. The highest BCUT2D eigenvalue weighted by Gasteiger charge is 2.29. The first-order chi connectivity index (χ1) is 18.4. The van der Waals surface area contributed by atoms with E-state index in [2.05, 4.69) is 43.4 Å². The number of aliphatic hydroxyl groups is 1. The molecule has 0 heterocycles. The molecule has 0 unspecified atom stereocenters. The van der Waals surface area contributed by atoms with Crippen molar-refractivity contribution in [3.05, 3.63) is 88.4 Å². The van der Waals surface area contributed by atoms with Crippen LogP contribution in [-0.2, 0) is 22.9 Å². The van der Waals surface area contributed by atoms with Gasteiger partial charge in [0.15, 0.2) is 0 Å². The zero-order valence-electron chi connectivity index (χ0n) is 22.4. The van der Waals surface area contributed by atoms with Crippen LogP contribution in [-0.4, -0.2) is 60.7 Å². The molecule has 0 saturated carbocycles. The Kier molecular flexibility index (Phi) is 8.83. The Morgan fingerprint density at radius 2 is 1.69 bits per heavy atom. The van der Waals surface area contributed by atoms with Crippen LogP contribution in [0.4, 0.5) is 0 Å². The second kappa shape index (κ2) is 11.8. The first-order valence-corrected chi connectivity index (χ1v) is 14.8. The third-order valence-electron chi connectivity index (χ3n) is 7.29. The van der Waals surface area contributed by atoms with E-state index in [9.17, 15) is 23.4 Å². The SMILES string of the molecule is CN(C[C@H](O)CNC(C)(C)CC1Cc2ccccc2C1)S(=O)(=O)c1cccc(-c2ccc(C(=O)O)c(Cl)c2)c1. The van der Waals surface area contributed by atoms with Crippen LogP contribution in [0.15, 0.2) is 71.6 Å². The number of hydrogen-bond donors (Lipinski definition) is 3. The molecule has 3 aromatic carbocycles. The molecule has 0 amide bonds. The fourth-order valence-corrected chi connectivity index (χ4v) is 6.84. The first-order valence-electron chi connectivity index (χ1n) is 13.0. The van der Waals surface area contributed by atoms with Crippen LogP contribution in [0.3, 0.4) is 0 Å². The summed E-state index contributed by atoms with van der Waals surface area (Å²) < 4.78 is 27.7. The zero-order valence-corrected chi connectivity index (χ0v) is 24.0. The summed E-state index contributed by atoms with van der Waals surface area (Å²) in [6.07, 6.45) is 2.17. The van der Waals surface area contributed by atoms with Crippen LogP contribution >= 0.6 is 11.6 Å². The molecule has 4 rings (SSSR count). The highest BCUT2D eigenvalue weighted by molar-refractivity contribution is 7.89. The van der Waals surface area contributed by atoms with E-state index in [-0.39, 0.29) is 34.1 Å². The molecule has 9 heteroatoms. The number of nitrogens with one attached hydrogen (secondary N) is 1. The Morgan fingerprint density at radius 3 is 2.31 bits per heavy atom. The van der Waals surface area contributed by atoms with Crippen LogP contribution in [0, 0.1) is 5.92 Å². The number of benzene rings is 3. The predicted molar refractivity (Wildman–Crippen MR) is 154 cm³/mol. The van der Waals surface area contributed by atoms with Crippen molar-refractivity contribution in [1.82, 2.24) is 9.62 Å². The molecule has 39 heavy (non-hydrogen) atoms. The Balaban J connectivity index is 1.35. The number of β-amino-alcohol motifs (C(OH)–C–C–N with tert-alkyl or cyclic N) is 1. The van der Waals surface area contributed by atoms with Gasteiger partial charge in [-0.15, -0.1) is 0 Å². The average molecular weight is 571 g/mol. The summed E-state index contributed by atoms with van der Waals surface area (Å²) in [4.78, 5) is 11.3. The first kappa shape index (κ1) is 29.2. The van der Waals surface area contributed by atoms with E-state index in [4.69, 9.17) is 11.6 Å². The lowest BCUT2D eigenvalue weighted by molar-refractivity contribution is 0.0697. The smallest absolute Gasteiger partial charge is 0.337 e. The third-order valence-corrected chi connectivity index (χ3v) is 9.43. The standard InChI is InChI=1S/C30H35ClN2O5S/c1-30(2,17-20-13-21-7-4-5-8-22(21)14-20)32-18-25(34)19-33(3)39(37,38)26-10-6-9-23(15-26)24-11-12-27(29(35)36)28(31)16-24/h4-12,15-16,20,25,32,34H,13-14,17-19H2,1-3H3,(H,35,36)/t25-/m1/s1. The number of likely N-dealkylation sites (N-methyl/N-ethyl adjacent to an activating group) is 1.